The van der Waals surface area contributed by atoms with E-state index in [2.05, 4.69) is 224 Å². The van der Waals surface area contributed by atoms with Crippen LogP contribution < -0.4 is 52.1 Å². The fraction of sp³-hybridized carbons (Fsp3) is 0.430. The highest BCUT2D eigenvalue weighted by atomic mass is 32.1. The first-order valence-electron chi connectivity index (χ1n) is 48.8. The monoisotopic (exact) mass is 2250 g/mol. The van der Waals surface area contributed by atoms with Crippen LogP contribution in [0.4, 0.5) is 21.0 Å². The SMILES string of the molecule is C.C.C.C.CC(C)(C)OC(=O)N1CCC[C@H]1C[C@@H](C[Si](C)(c1ccccc1)c1ccccc1)OC(=O)c1ccc([N+](=O)[O-])cc1.CC(C)(C)OC(=O)N1CCC[C@H]1C[C@H](O)C[Si](C)(c1ccccc1)c1ccccc1.CCOC(C)=O.C[Si](C[C@@H](O)C[C@@H]1CCCN1)(c1ccccc1)c1ccccc1.C[Si](C[C@H](C[C@@H]1CCCN1)OC(=O)c1ccc([N+](=O)[O-])cc1)(c1ccccc1)c1ccccc1.S.S.S.S.S.S.S.S.[2H]CC. The summed E-state index contributed by atoms with van der Waals surface area (Å²) in [5, 5.41) is 61.5. The van der Waals surface area contributed by atoms with E-state index in [-0.39, 0.29) is 197 Å². The fourth-order valence-electron chi connectivity index (χ4n) is 19.0. The molecule has 148 heavy (non-hydrogen) atoms. The number of non-ortho nitro benzene ring substituents is 2. The Hall–Kier alpha value is -8.54. The van der Waals surface area contributed by atoms with Crippen LogP contribution >= 0.6 is 108 Å². The molecular weight excluding hydrogens is 2080 g/mol. The minimum atomic E-state index is -2.42. The zero-order valence-corrected chi connectivity index (χ0v) is 97.8. The molecule has 22 nitrogen and oxygen atoms in total. The predicted octanol–water partition coefficient (Wildman–Crippen LogP) is 21.4. The third kappa shape index (κ3) is 45.0. The maximum Gasteiger partial charge on any atom is 0.410 e. The average Bonchev–Trinajstić information content (AvgIpc) is 1.63. The zero-order chi connectivity index (χ0) is 99.2. The van der Waals surface area contributed by atoms with Crippen molar-refractivity contribution in [2.75, 3.05) is 32.8 Å². The number of nitrogens with zero attached hydrogens (tertiary/aromatic N) is 4. The van der Waals surface area contributed by atoms with Gasteiger partial charge in [-0.1, -0.05) is 354 Å². The molecule has 14 rings (SSSR count). The van der Waals surface area contributed by atoms with Crippen molar-refractivity contribution in [1.82, 2.24) is 20.4 Å². The standard InChI is InChI=1S/C32H38N2O6Si.C27H30N2O4Si.C25H35NO3Si.C20H27NOSi.C4H8O2.C2H6.4CH4.8H2S/c1-32(2,3)40-31(36)33-21-11-12-26(33)22-27(39-30(35)24-17-19-25(20-18-24)34(37)38)23-41(4,28-13-7-5-8-14-28)29-15-9-6-10-16-29;1-34(25-10-4-2-5-11-25,26-12-6-3-7-13-26)20-24(19-22-9-8-18-28-22)33-27(30)21-14-16-23(17-15-21)29(31)32;1-25(2,3)29-24(28)26-17-11-12-20(26)18-21(27)19-30(4,22-13-7-5-8-14-22)23-15-9-6-10-16-23;1-23(19-10-4-2-5-11-19,20-12-6-3-7-13-20)16-18(22)15-17-9-8-14-21-17;1-3-6-4(2)5;1-2;;;;;;;;;;;;/h5-10,13-20,26-27H,11-12,21-23H2,1-4H3;2-7,10-17,22,24,28H,8-9,18-20H2,1H3;5-10,13-16,20-21,27H,11-12,17-19H2,1-4H3;2-7,10-13,17-18,21-22H,8-9,14-16H2,1H3;3H2,1-2H3;1-2H3;4*1H4;8*1H2/t26-,27-;22-,24-;20-,21-;17-,18-;;;;;;;;;;;;;;/m0000............../s1/i;;;;;1D;;;;;;;;;;;;. The first-order valence-corrected chi connectivity index (χ1v) is 58.9. The Balaban J connectivity index is -0.000000903. The number of hydrogen-bond acceptors (Lipinski definition) is 18. The van der Waals surface area contributed by atoms with Crippen LogP contribution in [0.2, 0.25) is 50.4 Å². The molecule has 34 heteroatoms. The van der Waals surface area contributed by atoms with Crippen LogP contribution in [0.3, 0.4) is 0 Å². The Kier molecular flexibility index (Phi) is 70.0. The number of rotatable bonds is 31. The topological polar surface area (TPSA) is 289 Å². The Labute approximate surface area is 946 Å². The van der Waals surface area contributed by atoms with Gasteiger partial charge >= 0.3 is 30.1 Å². The highest BCUT2D eigenvalue weighted by Gasteiger charge is 2.44. The van der Waals surface area contributed by atoms with E-state index in [0.717, 1.165) is 82.6 Å². The van der Waals surface area contributed by atoms with Gasteiger partial charge in [0.2, 0.25) is 0 Å². The molecule has 0 bridgehead atoms. The number of nitrogens with one attached hydrogen (secondary N) is 2. The maximum atomic E-state index is 13.4. The van der Waals surface area contributed by atoms with Crippen molar-refractivity contribution in [1.29, 1.82) is 0 Å². The quantitative estimate of drug-likeness (QED) is 0.0103. The molecule has 0 aromatic heterocycles. The molecule has 2 amide bonds. The molecule has 0 spiro atoms. The number of likely N-dealkylation sites (tertiary alicyclic amines) is 2. The van der Waals surface area contributed by atoms with Crippen molar-refractivity contribution in [3.05, 3.63) is 323 Å². The molecule has 4 heterocycles. The summed E-state index contributed by atoms with van der Waals surface area (Å²) >= 11 is 0. The number of carbonyl (C=O) groups excluding carboxylic acids is 5. The van der Waals surface area contributed by atoms with E-state index in [0.29, 0.717) is 63.1 Å². The van der Waals surface area contributed by atoms with Gasteiger partial charge in [-0.3, -0.25) is 25.0 Å². The van der Waals surface area contributed by atoms with Crippen LogP contribution in [0.5, 0.6) is 0 Å². The van der Waals surface area contributed by atoms with Crippen molar-refractivity contribution in [2.45, 2.75) is 286 Å². The van der Waals surface area contributed by atoms with E-state index in [4.69, 9.17) is 20.3 Å². The first kappa shape index (κ1) is 144. The number of amides is 2. The minimum Gasteiger partial charge on any atom is -0.466 e. The highest BCUT2D eigenvalue weighted by Crippen LogP contribution is 2.33. The van der Waals surface area contributed by atoms with Crippen LogP contribution in [0.1, 0.15) is 198 Å². The average molecular weight is 2260 g/mol. The van der Waals surface area contributed by atoms with Crippen LogP contribution in [0.25, 0.3) is 0 Å². The molecule has 0 radical (unpaired) electrons. The minimum absolute atomic E-state index is 0. The number of hydrogen-bond donors (Lipinski definition) is 4. The van der Waals surface area contributed by atoms with Crippen LogP contribution in [0, 0.1) is 20.2 Å². The number of aliphatic hydroxyl groups excluding tert-OH is 2. The lowest BCUT2D eigenvalue weighted by Crippen LogP contribution is -2.58. The predicted molar refractivity (Wildman–Crippen MR) is 667 cm³/mol. The molecule has 0 aliphatic carbocycles. The summed E-state index contributed by atoms with van der Waals surface area (Å²) < 4.78 is 34.2. The van der Waals surface area contributed by atoms with Gasteiger partial charge in [-0.2, -0.15) is 108 Å². The summed E-state index contributed by atoms with van der Waals surface area (Å²) in [6.07, 6.45) is 8.78. The smallest absolute Gasteiger partial charge is 0.410 e. The van der Waals surface area contributed by atoms with E-state index < -0.39 is 77.5 Å². The summed E-state index contributed by atoms with van der Waals surface area (Å²) in [5.41, 5.74) is -0.675. The fourth-order valence-corrected chi connectivity index (χ4v) is 34.2. The van der Waals surface area contributed by atoms with E-state index >= 15 is 0 Å². The number of benzene rings is 10. The summed E-state index contributed by atoms with van der Waals surface area (Å²) in [4.78, 5) is 86.6. The van der Waals surface area contributed by atoms with Crippen molar-refractivity contribution in [2.24, 2.45) is 0 Å². The number of nitro benzene ring substituents is 2. The lowest BCUT2D eigenvalue weighted by Gasteiger charge is -2.35. The summed E-state index contributed by atoms with van der Waals surface area (Å²) in [6.45, 7) is 29.9. The molecule has 8 atom stereocenters. The number of aliphatic hydroxyl groups is 2. The molecule has 822 valence electrons. The van der Waals surface area contributed by atoms with Crippen molar-refractivity contribution in [3.63, 3.8) is 0 Å². The van der Waals surface area contributed by atoms with Gasteiger partial charge in [-0.05, 0) is 181 Å². The highest BCUT2D eigenvalue weighted by molar-refractivity contribution is 7.60. The zero-order valence-electron chi connectivity index (χ0n) is 86.8. The lowest BCUT2D eigenvalue weighted by atomic mass is 10.1. The summed E-state index contributed by atoms with van der Waals surface area (Å²) in [5.74, 6) is -1.18. The summed E-state index contributed by atoms with van der Waals surface area (Å²) in [6, 6.07) is 99.2. The second-order valence-corrected chi connectivity index (χ2v) is 55.3. The van der Waals surface area contributed by atoms with Crippen LogP contribution in [0.15, 0.2) is 291 Å². The number of ether oxygens (including phenoxy) is 5. The molecule has 10 aromatic rings. The third-order valence-corrected chi connectivity index (χ3v) is 43.9. The molecule has 4 aliphatic heterocycles. The van der Waals surface area contributed by atoms with Gasteiger partial charge in [-0.15, -0.1) is 0 Å². The molecular formula is C114H176N6O16S8Si4. The van der Waals surface area contributed by atoms with Gasteiger partial charge < -0.3 is 54.3 Å². The van der Waals surface area contributed by atoms with E-state index in [1.165, 1.54) is 110 Å². The third-order valence-electron chi connectivity index (χ3n) is 25.9. The Morgan fingerprint density at radius 3 is 0.865 bits per heavy atom. The molecule has 4 aliphatic rings. The van der Waals surface area contributed by atoms with E-state index in [9.17, 15) is 54.4 Å². The largest absolute Gasteiger partial charge is 0.466 e. The van der Waals surface area contributed by atoms with Crippen molar-refractivity contribution < 1.29 is 69.1 Å². The van der Waals surface area contributed by atoms with E-state index in [1.807, 2.05) is 107 Å². The molecule has 4 saturated heterocycles. The number of carbonyl (C=O) groups is 5. The second kappa shape index (κ2) is 72.1. The summed E-state index contributed by atoms with van der Waals surface area (Å²) in [7, 11) is -8.66. The maximum absolute atomic E-state index is 13.4. The number of esters is 3. The normalized spacial score (nSPS) is 15.5. The molecule has 10 aromatic carbocycles. The van der Waals surface area contributed by atoms with Crippen molar-refractivity contribution >= 4 is 223 Å². The van der Waals surface area contributed by atoms with Gasteiger partial charge in [0.15, 0.2) is 0 Å². The van der Waals surface area contributed by atoms with Gasteiger partial charge in [0.1, 0.15) is 55.7 Å². The van der Waals surface area contributed by atoms with Crippen LogP contribution in [-0.2, 0) is 28.5 Å². The van der Waals surface area contributed by atoms with Gasteiger partial charge in [0.25, 0.3) is 11.4 Å². The van der Waals surface area contributed by atoms with Gasteiger partial charge in [-0.25, -0.2) is 19.2 Å². The molecule has 0 saturated carbocycles. The Morgan fingerprint density at radius 2 is 0.635 bits per heavy atom. The van der Waals surface area contributed by atoms with Crippen molar-refractivity contribution in [3.8, 4) is 0 Å². The number of nitro groups is 2. The second-order valence-electron chi connectivity index (χ2n) is 38.4. The molecule has 0 unspecified atom stereocenters. The van der Waals surface area contributed by atoms with Crippen LogP contribution in [-0.4, -0.2) is 185 Å². The first-order chi connectivity index (χ1) is 65.5. The molecule has 4 fully saturated rings. The van der Waals surface area contributed by atoms with E-state index in [1.54, 1.807) is 18.7 Å². The van der Waals surface area contributed by atoms with Gasteiger partial charge in [0, 0.05) is 76.2 Å². The Bertz CT molecular complexity index is 5200. The van der Waals surface area contributed by atoms with Gasteiger partial charge in [0.05, 0.1) is 39.8 Å². The Morgan fingerprint density at radius 1 is 0.392 bits per heavy atom. The molecule has 4 N–H and O–H groups in total. The lowest BCUT2D eigenvalue weighted by molar-refractivity contribution is -0.385.